The topological polar surface area (TPSA) is 6.48 Å². The molecule has 0 amide bonds. The van der Waals surface area contributed by atoms with Gasteiger partial charge in [-0.05, 0) is 117 Å². The maximum atomic E-state index is 2.63. The smallest absolute Gasteiger partial charge is 0.0512 e. The first kappa shape index (κ1) is 21.1. The summed E-state index contributed by atoms with van der Waals surface area (Å²) < 4.78 is 0. The molecule has 2 aromatic carbocycles. The van der Waals surface area contributed by atoms with Crippen molar-refractivity contribution < 1.29 is 0 Å². The number of rotatable bonds is 4. The number of hydrogen-bond acceptors (Lipinski definition) is 2. The Morgan fingerprint density at radius 3 is 1.36 bits per heavy atom. The molecule has 1 aliphatic rings. The lowest BCUT2D eigenvalue weighted by Crippen LogP contribution is -2.44. The van der Waals surface area contributed by atoms with E-state index in [0.717, 1.165) is 19.8 Å². The maximum Gasteiger partial charge on any atom is 0.0512 e. The fourth-order valence-electron chi connectivity index (χ4n) is 4.60. The zero-order valence-corrected chi connectivity index (χ0v) is 19.3. The molecule has 1 aliphatic heterocycles. The summed E-state index contributed by atoms with van der Waals surface area (Å²) in [5.74, 6) is 0. The van der Waals surface area contributed by atoms with Crippen LogP contribution >= 0.6 is 0 Å². The van der Waals surface area contributed by atoms with Gasteiger partial charge in [-0.15, -0.1) is 0 Å². The van der Waals surface area contributed by atoms with Crippen molar-refractivity contribution >= 4 is 0 Å². The Hall–Kier alpha value is -1.64. The van der Waals surface area contributed by atoms with E-state index in [4.69, 9.17) is 0 Å². The summed E-state index contributed by atoms with van der Waals surface area (Å²) in [5.41, 5.74) is 14.6. The number of hydrogen-bond donors (Lipinski definition) is 0. The second kappa shape index (κ2) is 8.39. The van der Waals surface area contributed by atoms with Gasteiger partial charge in [-0.1, -0.05) is 12.1 Å². The van der Waals surface area contributed by atoms with E-state index < -0.39 is 0 Å². The summed E-state index contributed by atoms with van der Waals surface area (Å²) in [6.45, 7) is 23.7. The maximum absolute atomic E-state index is 2.63. The van der Waals surface area contributed by atoms with Crippen LogP contribution in [-0.2, 0) is 13.1 Å². The third kappa shape index (κ3) is 4.18. The van der Waals surface area contributed by atoms with Gasteiger partial charge in [0.1, 0.15) is 0 Å². The van der Waals surface area contributed by atoms with Crippen LogP contribution in [0, 0.1) is 55.4 Å². The minimum absolute atomic E-state index is 1.06. The average molecular weight is 379 g/mol. The van der Waals surface area contributed by atoms with E-state index in [0.29, 0.717) is 0 Å². The monoisotopic (exact) mass is 378 g/mol. The van der Waals surface area contributed by atoms with E-state index in [9.17, 15) is 0 Å². The molecule has 3 rings (SSSR count). The second-order valence-electron chi connectivity index (χ2n) is 9.06. The molecule has 1 fully saturated rings. The van der Waals surface area contributed by atoms with Gasteiger partial charge in [-0.25, -0.2) is 0 Å². The third-order valence-corrected chi connectivity index (χ3v) is 7.31. The van der Waals surface area contributed by atoms with Crippen LogP contribution in [0.4, 0.5) is 0 Å². The highest BCUT2D eigenvalue weighted by atomic mass is 15.3. The van der Waals surface area contributed by atoms with E-state index in [1.54, 1.807) is 0 Å². The van der Waals surface area contributed by atoms with Gasteiger partial charge in [0.05, 0.1) is 6.67 Å². The van der Waals surface area contributed by atoms with E-state index in [2.05, 4.69) is 77.3 Å². The van der Waals surface area contributed by atoms with E-state index >= 15 is 0 Å². The number of aryl methyl sites for hydroxylation is 2. The Morgan fingerprint density at radius 1 is 0.571 bits per heavy atom. The summed E-state index contributed by atoms with van der Waals surface area (Å²) in [6.07, 6.45) is 1.26. The van der Waals surface area contributed by atoms with Crippen molar-refractivity contribution in [1.29, 1.82) is 0 Å². The lowest BCUT2D eigenvalue weighted by Gasteiger charge is -2.36. The lowest BCUT2D eigenvalue weighted by molar-refractivity contribution is 0.0743. The molecule has 2 heteroatoms. The molecule has 0 radical (unpaired) electrons. The van der Waals surface area contributed by atoms with Crippen LogP contribution in [0.1, 0.15) is 62.1 Å². The summed E-state index contributed by atoms with van der Waals surface area (Å²) in [5, 5.41) is 0. The van der Waals surface area contributed by atoms with Crippen molar-refractivity contribution in [1.82, 2.24) is 9.80 Å². The number of benzene rings is 2. The van der Waals surface area contributed by atoms with Crippen LogP contribution in [0.15, 0.2) is 12.1 Å². The molecule has 1 heterocycles. The first-order chi connectivity index (χ1) is 13.2. The molecule has 0 atom stereocenters. The average Bonchev–Trinajstić information content (AvgIpc) is 2.67. The summed E-state index contributed by atoms with van der Waals surface area (Å²) >= 11 is 0. The summed E-state index contributed by atoms with van der Waals surface area (Å²) in [7, 11) is 0. The molecule has 1 saturated heterocycles. The molecule has 2 aromatic rings. The zero-order valence-electron chi connectivity index (χ0n) is 19.3. The molecule has 0 N–H and O–H groups in total. The van der Waals surface area contributed by atoms with Crippen molar-refractivity contribution in [3.8, 4) is 0 Å². The predicted molar refractivity (Wildman–Crippen MR) is 121 cm³/mol. The summed E-state index contributed by atoms with van der Waals surface area (Å²) in [4.78, 5) is 5.26. The zero-order chi connectivity index (χ0) is 20.6. The molecule has 0 saturated carbocycles. The molecule has 0 bridgehead atoms. The van der Waals surface area contributed by atoms with Gasteiger partial charge in [0.15, 0.2) is 0 Å². The number of nitrogens with zero attached hydrogens (tertiary/aromatic N) is 2. The quantitative estimate of drug-likeness (QED) is 0.661. The minimum atomic E-state index is 1.06. The third-order valence-electron chi connectivity index (χ3n) is 7.31. The highest BCUT2D eigenvalue weighted by molar-refractivity contribution is 5.44. The standard InChI is InChI=1S/C26H38N2/c1-17-12-25(23(7)21(5)19(17)3)14-27-10-9-11-28(16-27)15-26-13-18(2)20(4)22(6)24(26)8/h12-13H,9-11,14-16H2,1-8H3. The predicted octanol–water partition coefficient (Wildman–Crippen LogP) is 5.82. The molecule has 2 nitrogen and oxygen atoms in total. The molecule has 0 aromatic heterocycles. The summed E-state index contributed by atoms with van der Waals surface area (Å²) in [6, 6.07) is 4.82. The van der Waals surface area contributed by atoms with Crippen LogP contribution in [0.3, 0.4) is 0 Å². The normalized spacial score (nSPS) is 16.0. The van der Waals surface area contributed by atoms with Crippen molar-refractivity contribution in [2.75, 3.05) is 19.8 Å². The second-order valence-corrected chi connectivity index (χ2v) is 9.06. The van der Waals surface area contributed by atoms with Crippen molar-refractivity contribution in [2.45, 2.75) is 74.9 Å². The Morgan fingerprint density at radius 2 is 0.964 bits per heavy atom. The van der Waals surface area contributed by atoms with Crippen LogP contribution in [0.25, 0.3) is 0 Å². The molecule has 0 unspecified atom stereocenters. The van der Waals surface area contributed by atoms with Crippen molar-refractivity contribution in [3.63, 3.8) is 0 Å². The van der Waals surface area contributed by atoms with Crippen LogP contribution in [0.2, 0.25) is 0 Å². The Bertz CT molecular complexity index is 807. The van der Waals surface area contributed by atoms with Crippen molar-refractivity contribution in [3.05, 3.63) is 67.8 Å². The van der Waals surface area contributed by atoms with Crippen LogP contribution in [-0.4, -0.2) is 29.6 Å². The fourth-order valence-corrected chi connectivity index (χ4v) is 4.60. The highest BCUT2D eigenvalue weighted by Gasteiger charge is 2.20. The van der Waals surface area contributed by atoms with E-state index in [1.165, 1.54) is 75.1 Å². The molecule has 0 aliphatic carbocycles. The van der Waals surface area contributed by atoms with Gasteiger partial charge in [-0.3, -0.25) is 9.80 Å². The largest absolute Gasteiger partial charge is 0.286 e. The molecular formula is C26H38N2. The van der Waals surface area contributed by atoms with Gasteiger partial charge in [0.2, 0.25) is 0 Å². The van der Waals surface area contributed by atoms with E-state index in [1.807, 2.05) is 0 Å². The molecule has 28 heavy (non-hydrogen) atoms. The van der Waals surface area contributed by atoms with Gasteiger partial charge in [0.25, 0.3) is 0 Å². The van der Waals surface area contributed by atoms with Crippen LogP contribution < -0.4 is 0 Å². The SMILES string of the molecule is Cc1cc(CN2CCCN(Cc3cc(C)c(C)c(C)c3C)C2)c(C)c(C)c1C. The van der Waals surface area contributed by atoms with E-state index in [-0.39, 0.29) is 0 Å². The highest BCUT2D eigenvalue weighted by Crippen LogP contribution is 2.25. The van der Waals surface area contributed by atoms with Gasteiger partial charge < -0.3 is 0 Å². The van der Waals surface area contributed by atoms with Gasteiger partial charge >= 0.3 is 0 Å². The first-order valence-corrected chi connectivity index (χ1v) is 10.8. The van der Waals surface area contributed by atoms with Gasteiger partial charge in [-0.2, -0.15) is 0 Å². The Balaban J connectivity index is 1.74. The molecular weight excluding hydrogens is 340 g/mol. The van der Waals surface area contributed by atoms with Crippen molar-refractivity contribution in [2.24, 2.45) is 0 Å². The first-order valence-electron chi connectivity index (χ1n) is 10.8. The Labute approximate surface area is 172 Å². The van der Waals surface area contributed by atoms with Gasteiger partial charge in [0, 0.05) is 26.2 Å². The fraction of sp³-hybridized carbons (Fsp3) is 0.538. The molecule has 0 spiro atoms. The van der Waals surface area contributed by atoms with Crippen LogP contribution in [0.5, 0.6) is 0 Å². The lowest BCUT2D eigenvalue weighted by atomic mass is 9.94. The minimum Gasteiger partial charge on any atom is -0.286 e. The molecule has 152 valence electrons. The Kier molecular flexibility index (Phi) is 6.31.